The number of carboxylic acid groups (broad SMARTS) is 1. The molecule has 0 aliphatic heterocycles. The van der Waals surface area contributed by atoms with Gasteiger partial charge in [-0.25, -0.2) is 13.6 Å². The van der Waals surface area contributed by atoms with E-state index in [2.05, 4.69) is 26.3 Å². The second-order valence-electron chi connectivity index (χ2n) is 5.58. The molecule has 0 saturated heterocycles. The molecule has 0 atom stereocenters. The molecule has 6 nitrogen and oxygen atoms in total. The Morgan fingerprint density at radius 2 is 1.81 bits per heavy atom. The van der Waals surface area contributed by atoms with Crippen molar-refractivity contribution in [3.8, 4) is 11.3 Å². The third-order valence-electron chi connectivity index (χ3n) is 3.79. The van der Waals surface area contributed by atoms with Gasteiger partial charge in [0.1, 0.15) is 17.3 Å². The smallest absolute Gasteiger partial charge is 0.337 e. The fourth-order valence-corrected chi connectivity index (χ4v) is 2.89. The molecule has 0 unspecified atom stereocenters. The van der Waals surface area contributed by atoms with Gasteiger partial charge in [0.2, 0.25) is 0 Å². The maximum absolute atomic E-state index is 13.9. The third kappa shape index (κ3) is 3.72. The Balaban J connectivity index is 1.96. The highest BCUT2D eigenvalue weighted by Gasteiger charge is 2.20. The Morgan fingerprint density at radius 1 is 1.15 bits per heavy atom. The predicted molar refractivity (Wildman–Crippen MR) is 97.6 cm³/mol. The summed E-state index contributed by atoms with van der Waals surface area (Å²) < 4.78 is 29.6. The summed E-state index contributed by atoms with van der Waals surface area (Å²) >= 11 is 3.17. The molecule has 0 radical (unpaired) electrons. The molecule has 0 aliphatic rings. The number of aromatic carboxylic acids is 1. The number of aromatic nitrogens is 2. The van der Waals surface area contributed by atoms with Crippen molar-refractivity contribution in [3.05, 3.63) is 69.8 Å². The van der Waals surface area contributed by atoms with E-state index in [-0.39, 0.29) is 28.2 Å². The van der Waals surface area contributed by atoms with Crippen LogP contribution in [-0.4, -0.2) is 26.8 Å². The zero-order valence-electron chi connectivity index (χ0n) is 13.8. The van der Waals surface area contributed by atoms with E-state index in [1.807, 2.05) is 0 Å². The van der Waals surface area contributed by atoms with Crippen LogP contribution in [0.1, 0.15) is 20.8 Å². The number of carbonyl (C=O) groups excluding carboxylic acids is 1. The number of nitrogens with zero attached hydrogens (tertiary/aromatic N) is 2. The van der Waals surface area contributed by atoms with Gasteiger partial charge in [0.05, 0.1) is 22.5 Å². The molecule has 2 aromatic carbocycles. The van der Waals surface area contributed by atoms with Gasteiger partial charge >= 0.3 is 5.97 Å². The van der Waals surface area contributed by atoms with Crippen molar-refractivity contribution in [2.45, 2.75) is 0 Å². The second-order valence-corrected chi connectivity index (χ2v) is 6.50. The normalized spacial score (nSPS) is 10.7. The van der Waals surface area contributed by atoms with Crippen LogP contribution in [0.3, 0.4) is 0 Å². The standard InChI is InChI=1S/C18H12BrF2N3O3/c1-24-15(8-14(23-24)16-11(20)3-2-4-12(16)21)17(25)22-13-6-5-9(19)7-10(13)18(26)27/h2-8H,1H3,(H,22,25)(H,26,27). The van der Waals surface area contributed by atoms with Gasteiger partial charge in [0.25, 0.3) is 5.91 Å². The summed E-state index contributed by atoms with van der Waals surface area (Å²) in [7, 11) is 1.44. The highest BCUT2D eigenvalue weighted by atomic mass is 79.9. The quantitative estimate of drug-likeness (QED) is 0.646. The van der Waals surface area contributed by atoms with Gasteiger partial charge in [-0.2, -0.15) is 5.10 Å². The lowest BCUT2D eigenvalue weighted by Crippen LogP contribution is -2.18. The first-order valence-electron chi connectivity index (χ1n) is 7.60. The summed E-state index contributed by atoms with van der Waals surface area (Å²) in [6, 6.07) is 9.00. The van der Waals surface area contributed by atoms with Crippen molar-refractivity contribution in [3.63, 3.8) is 0 Å². The van der Waals surface area contributed by atoms with Crippen molar-refractivity contribution in [2.75, 3.05) is 5.32 Å². The molecule has 0 saturated carbocycles. The molecule has 2 N–H and O–H groups in total. The number of nitrogens with one attached hydrogen (secondary N) is 1. The summed E-state index contributed by atoms with van der Waals surface area (Å²) in [4.78, 5) is 23.9. The first-order valence-corrected chi connectivity index (χ1v) is 8.40. The fourth-order valence-electron chi connectivity index (χ4n) is 2.53. The molecule has 0 spiro atoms. The van der Waals surface area contributed by atoms with E-state index in [4.69, 9.17) is 0 Å². The average Bonchev–Trinajstić information content (AvgIpc) is 2.97. The van der Waals surface area contributed by atoms with Crippen LogP contribution >= 0.6 is 15.9 Å². The number of hydrogen-bond acceptors (Lipinski definition) is 3. The Labute approximate surface area is 160 Å². The van der Waals surface area contributed by atoms with Crippen LogP contribution in [-0.2, 0) is 7.05 Å². The highest BCUT2D eigenvalue weighted by molar-refractivity contribution is 9.10. The van der Waals surface area contributed by atoms with E-state index in [0.29, 0.717) is 4.47 Å². The Morgan fingerprint density at radius 3 is 2.44 bits per heavy atom. The number of aryl methyl sites for hydroxylation is 1. The zero-order chi connectivity index (χ0) is 19.7. The summed E-state index contributed by atoms with van der Waals surface area (Å²) in [6.07, 6.45) is 0. The van der Waals surface area contributed by atoms with Crippen LogP contribution in [0.25, 0.3) is 11.3 Å². The van der Waals surface area contributed by atoms with E-state index in [1.54, 1.807) is 6.07 Å². The minimum Gasteiger partial charge on any atom is -0.478 e. The van der Waals surface area contributed by atoms with Crippen molar-refractivity contribution in [1.29, 1.82) is 0 Å². The van der Waals surface area contributed by atoms with Crippen LogP contribution < -0.4 is 5.32 Å². The molecule has 1 heterocycles. The molecular weight excluding hydrogens is 424 g/mol. The first-order chi connectivity index (χ1) is 12.8. The lowest BCUT2D eigenvalue weighted by atomic mass is 10.1. The van der Waals surface area contributed by atoms with Gasteiger partial charge < -0.3 is 10.4 Å². The number of amides is 1. The highest BCUT2D eigenvalue weighted by Crippen LogP contribution is 2.26. The zero-order valence-corrected chi connectivity index (χ0v) is 15.4. The molecule has 0 bridgehead atoms. The molecule has 0 fully saturated rings. The van der Waals surface area contributed by atoms with Crippen molar-refractivity contribution >= 4 is 33.5 Å². The van der Waals surface area contributed by atoms with Crippen molar-refractivity contribution in [2.24, 2.45) is 7.05 Å². The SMILES string of the molecule is Cn1nc(-c2c(F)cccc2F)cc1C(=O)Nc1ccc(Br)cc1C(=O)O. The number of rotatable bonds is 4. The number of halogens is 3. The molecule has 9 heteroatoms. The van der Waals surface area contributed by atoms with Crippen LogP contribution in [0.4, 0.5) is 14.5 Å². The summed E-state index contributed by atoms with van der Waals surface area (Å²) in [5.41, 5.74) is -0.419. The van der Waals surface area contributed by atoms with Gasteiger partial charge in [-0.05, 0) is 36.4 Å². The lowest BCUT2D eigenvalue weighted by Gasteiger charge is -2.09. The van der Waals surface area contributed by atoms with Gasteiger partial charge in [-0.1, -0.05) is 22.0 Å². The number of hydrogen-bond donors (Lipinski definition) is 2. The maximum Gasteiger partial charge on any atom is 0.337 e. The Hall–Kier alpha value is -3.07. The van der Waals surface area contributed by atoms with Gasteiger partial charge in [-0.3, -0.25) is 9.48 Å². The molecule has 1 amide bonds. The van der Waals surface area contributed by atoms with E-state index >= 15 is 0 Å². The minimum absolute atomic E-state index is 0.00640. The Bertz CT molecular complexity index is 1050. The van der Waals surface area contributed by atoms with Crippen LogP contribution in [0.5, 0.6) is 0 Å². The summed E-state index contributed by atoms with van der Waals surface area (Å²) in [6.45, 7) is 0. The third-order valence-corrected chi connectivity index (χ3v) is 4.28. The summed E-state index contributed by atoms with van der Waals surface area (Å²) in [5.74, 6) is -3.49. The topological polar surface area (TPSA) is 84.2 Å². The number of anilines is 1. The van der Waals surface area contributed by atoms with Crippen molar-refractivity contribution < 1.29 is 23.5 Å². The molecule has 1 aromatic heterocycles. The maximum atomic E-state index is 13.9. The Kier molecular flexibility index (Phi) is 5.04. The number of benzene rings is 2. The lowest BCUT2D eigenvalue weighted by molar-refractivity contribution is 0.0698. The molecular formula is C18H12BrF2N3O3. The van der Waals surface area contributed by atoms with Gasteiger partial charge in [0, 0.05) is 11.5 Å². The molecule has 138 valence electrons. The monoisotopic (exact) mass is 435 g/mol. The van der Waals surface area contributed by atoms with Crippen LogP contribution in [0, 0.1) is 11.6 Å². The largest absolute Gasteiger partial charge is 0.478 e. The number of carbonyl (C=O) groups is 2. The predicted octanol–water partition coefficient (Wildman–Crippen LogP) is 4.08. The van der Waals surface area contributed by atoms with E-state index < -0.39 is 23.5 Å². The van der Waals surface area contributed by atoms with Gasteiger partial charge in [0.15, 0.2) is 0 Å². The fraction of sp³-hybridized carbons (Fsp3) is 0.0556. The molecule has 3 rings (SSSR count). The van der Waals surface area contributed by atoms with E-state index in [9.17, 15) is 23.5 Å². The molecule has 3 aromatic rings. The van der Waals surface area contributed by atoms with Gasteiger partial charge in [-0.15, -0.1) is 0 Å². The first kappa shape index (κ1) is 18.7. The van der Waals surface area contributed by atoms with E-state index in [0.717, 1.165) is 16.8 Å². The van der Waals surface area contributed by atoms with Crippen molar-refractivity contribution in [1.82, 2.24) is 9.78 Å². The number of carboxylic acids is 1. The molecule has 27 heavy (non-hydrogen) atoms. The van der Waals surface area contributed by atoms with E-state index in [1.165, 1.54) is 31.3 Å². The molecule has 0 aliphatic carbocycles. The minimum atomic E-state index is -1.22. The van der Waals surface area contributed by atoms with Crippen LogP contribution in [0.2, 0.25) is 0 Å². The van der Waals surface area contributed by atoms with Crippen LogP contribution in [0.15, 0.2) is 46.9 Å². The average molecular weight is 436 g/mol. The summed E-state index contributed by atoms with van der Waals surface area (Å²) in [5, 5.41) is 15.7. The second kappa shape index (κ2) is 7.28.